The molecule has 2 aliphatic heterocycles. The van der Waals surface area contributed by atoms with E-state index in [4.69, 9.17) is 9.47 Å². The number of carbonyl (C=O) groups is 2. The Morgan fingerprint density at radius 2 is 1.81 bits per heavy atom. The summed E-state index contributed by atoms with van der Waals surface area (Å²) in [6.45, 7) is 0.907. The molecule has 6 nitrogen and oxygen atoms in total. The third kappa shape index (κ3) is 2.59. The maximum Gasteiger partial charge on any atom is 0.441 e. The van der Waals surface area contributed by atoms with E-state index < -0.39 is 34.6 Å². The lowest BCUT2D eigenvalue weighted by molar-refractivity contribution is -0.271. The zero-order chi connectivity index (χ0) is 23.1. The van der Waals surface area contributed by atoms with Crippen molar-refractivity contribution in [1.82, 2.24) is 0 Å². The first-order valence-electron chi connectivity index (χ1n) is 9.73. The van der Waals surface area contributed by atoms with Gasteiger partial charge in [0.2, 0.25) is 5.91 Å². The second kappa shape index (κ2) is 7.41. The minimum Gasteiger partial charge on any atom is -0.472 e. The van der Waals surface area contributed by atoms with Crippen molar-refractivity contribution < 1.29 is 32.2 Å². The van der Waals surface area contributed by atoms with E-state index in [-0.39, 0.29) is 24.4 Å². The zero-order valence-corrected chi connectivity index (χ0v) is 16.8. The van der Waals surface area contributed by atoms with Crippen molar-refractivity contribution in [3.63, 3.8) is 0 Å². The number of rotatable bonds is 4. The fourth-order valence-corrected chi connectivity index (χ4v) is 4.43. The van der Waals surface area contributed by atoms with Gasteiger partial charge in [-0.05, 0) is 18.6 Å². The molecule has 4 rings (SSSR count). The summed E-state index contributed by atoms with van der Waals surface area (Å²) in [4.78, 5) is 27.9. The highest BCUT2D eigenvalue weighted by atomic mass is 19.4. The number of benzene rings is 2. The lowest BCUT2D eigenvalue weighted by atomic mass is 9.64. The number of ether oxygens (including phenoxy) is 2. The van der Waals surface area contributed by atoms with Gasteiger partial charge in [0, 0.05) is 11.3 Å². The van der Waals surface area contributed by atoms with E-state index in [0.29, 0.717) is 11.8 Å². The molecule has 0 aromatic heterocycles. The molecule has 0 radical (unpaired) electrons. The molecule has 32 heavy (non-hydrogen) atoms. The van der Waals surface area contributed by atoms with Gasteiger partial charge in [-0.3, -0.25) is 4.79 Å². The number of hydrogen-bond acceptors (Lipinski definition) is 5. The highest BCUT2D eigenvalue weighted by molar-refractivity contribution is 6.15. The van der Waals surface area contributed by atoms with Crippen LogP contribution in [0.15, 0.2) is 66.4 Å². The summed E-state index contributed by atoms with van der Waals surface area (Å²) in [5.74, 6) is -2.86. The number of halogens is 3. The maximum absolute atomic E-state index is 14.7. The molecule has 0 N–H and O–H groups in total. The van der Waals surface area contributed by atoms with Crippen LogP contribution in [0.5, 0.6) is 0 Å². The van der Waals surface area contributed by atoms with Gasteiger partial charge in [0.1, 0.15) is 6.26 Å². The van der Waals surface area contributed by atoms with Gasteiger partial charge < -0.3 is 14.4 Å². The Bertz CT molecular complexity index is 1160. The third-order valence-corrected chi connectivity index (χ3v) is 5.72. The number of carbonyl (C=O) groups excluding carboxylic acids is 2. The summed E-state index contributed by atoms with van der Waals surface area (Å²) in [5, 5.41) is 9.73. The van der Waals surface area contributed by atoms with Crippen LogP contribution < -0.4 is 4.90 Å². The molecule has 2 heterocycles. The minimum absolute atomic E-state index is 0.0616. The van der Waals surface area contributed by atoms with Crippen LogP contribution in [0.25, 0.3) is 0 Å². The number of esters is 1. The van der Waals surface area contributed by atoms with Crippen LogP contribution in [-0.4, -0.2) is 30.3 Å². The van der Waals surface area contributed by atoms with Crippen molar-refractivity contribution in [2.24, 2.45) is 0 Å². The number of alkyl halides is 3. The average Bonchev–Trinajstić information content (AvgIpc) is 3.25. The van der Waals surface area contributed by atoms with E-state index in [1.54, 1.807) is 42.5 Å². The Balaban J connectivity index is 2.01. The van der Waals surface area contributed by atoms with E-state index in [1.807, 2.05) is 0 Å². The van der Waals surface area contributed by atoms with Crippen LogP contribution in [-0.2, 0) is 31.0 Å². The molecule has 0 saturated heterocycles. The van der Waals surface area contributed by atoms with Gasteiger partial charge >= 0.3 is 17.7 Å². The summed E-state index contributed by atoms with van der Waals surface area (Å²) < 4.78 is 53.7. The quantitative estimate of drug-likeness (QED) is 0.674. The molecule has 0 fully saturated rings. The fraction of sp³-hybridized carbons (Fsp3) is 0.261. The van der Waals surface area contributed by atoms with E-state index in [2.05, 4.69) is 0 Å². The number of amides is 1. The molecule has 1 amide bonds. The number of nitrogens with zero attached hydrogens (tertiary/aromatic N) is 2. The molecule has 0 unspecified atom stereocenters. The SMILES string of the molecule is CCOC(=O)[C@@]1(C(F)(F)F)OC=C(C#N)[C@]12C(=O)N(Cc1ccccc1)c1ccccc12. The summed E-state index contributed by atoms with van der Waals surface area (Å²) in [6.07, 6.45) is -4.83. The van der Waals surface area contributed by atoms with Crippen LogP contribution in [0.4, 0.5) is 18.9 Å². The summed E-state index contributed by atoms with van der Waals surface area (Å²) in [7, 11) is 0. The summed E-state index contributed by atoms with van der Waals surface area (Å²) in [5.41, 5.74) is -6.45. The third-order valence-electron chi connectivity index (χ3n) is 5.72. The van der Waals surface area contributed by atoms with Crippen molar-refractivity contribution in [3.05, 3.63) is 77.6 Å². The van der Waals surface area contributed by atoms with Gasteiger partial charge in [0.15, 0.2) is 5.41 Å². The normalized spacial score (nSPS) is 24.0. The lowest BCUT2D eigenvalue weighted by Crippen LogP contribution is -2.68. The monoisotopic (exact) mass is 442 g/mol. The maximum atomic E-state index is 14.7. The Morgan fingerprint density at radius 1 is 1.16 bits per heavy atom. The van der Waals surface area contributed by atoms with Crippen molar-refractivity contribution in [2.75, 3.05) is 11.5 Å². The number of fused-ring (bicyclic) bond motifs is 2. The molecule has 2 atom stereocenters. The Kier molecular flexibility index (Phi) is 4.96. The smallest absolute Gasteiger partial charge is 0.441 e. The largest absolute Gasteiger partial charge is 0.472 e. The predicted octanol–water partition coefficient (Wildman–Crippen LogP) is 3.77. The zero-order valence-electron chi connectivity index (χ0n) is 16.8. The van der Waals surface area contributed by atoms with Crippen LogP contribution in [0.1, 0.15) is 18.1 Å². The Labute approximate surface area is 181 Å². The summed E-state index contributed by atoms with van der Waals surface area (Å²) in [6, 6.07) is 16.1. The number of anilines is 1. The second-order valence-corrected chi connectivity index (χ2v) is 7.30. The van der Waals surface area contributed by atoms with Crippen LogP contribution in [0.3, 0.4) is 0 Å². The molecule has 164 valence electrons. The molecule has 0 saturated carbocycles. The van der Waals surface area contributed by atoms with Crippen LogP contribution in [0.2, 0.25) is 0 Å². The first-order valence-corrected chi connectivity index (χ1v) is 9.73. The van der Waals surface area contributed by atoms with Gasteiger partial charge in [-0.1, -0.05) is 48.5 Å². The van der Waals surface area contributed by atoms with Gasteiger partial charge in [-0.2, -0.15) is 18.4 Å². The molecule has 0 bridgehead atoms. The Morgan fingerprint density at radius 3 is 2.44 bits per heavy atom. The Hall–Kier alpha value is -3.80. The van der Waals surface area contributed by atoms with E-state index in [0.717, 1.165) is 4.90 Å². The average molecular weight is 442 g/mol. The molecule has 9 heteroatoms. The molecule has 2 aromatic carbocycles. The van der Waals surface area contributed by atoms with Crippen molar-refractivity contribution in [3.8, 4) is 6.07 Å². The molecule has 2 aromatic rings. The molecule has 1 spiro atoms. The van der Waals surface area contributed by atoms with Crippen molar-refractivity contribution in [1.29, 1.82) is 5.26 Å². The second-order valence-electron chi connectivity index (χ2n) is 7.30. The molecule has 2 aliphatic rings. The van der Waals surface area contributed by atoms with Gasteiger partial charge in [-0.25, -0.2) is 4.79 Å². The standard InChI is InChI=1S/C23H17F3N2O4/c1-2-31-20(30)22(23(24,25)26)21(16(12-27)14-32-22)17-10-6-7-11-18(17)28(19(21)29)13-15-8-4-3-5-9-15/h3-11,14H,2,13H2,1H3/t21-,22+/m0/s1. The van der Waals surface area contributed by atoms with Crippen molar-refractivity contribution >= 4 is 17.6 Å². The molecular formula is C23H17F3N2O4. The highest BCUT2D eigenvalue weighted by Crippen LogP contribution is 2.61. The topological polar surface area (TPSA) is 79.6 Å². The predicted molar refractivity (Wildman–Crippen MR) is 106 cm³/mol. The first kappa shape index (κ1) is 21.4. The van der Waals surface area contributed by atoms with Crippen LogP contribution >= 0.6 is 0 Å². The van der Waals surface area contributed by atoms with Gasteiger partial charge in [-0.15, -0.1) is 0 Å². The number of nitriles is 1. The summed E-state index contributed by atoms with van der Waals surface area (Å²) >= 11 is 0. The lowest BCUT2D eigenvalue weighted by Gasteiger charge is -2.40. The first-order chi connectivity index (χ1) is 15.3. The van der Waals surface area contributed by atoms with Crippen LogP contribution in [0, 0.1) is 11.3 Å². The fourth-order valence-electron chi connectivity index (χ4n) is 4.43. The molecule has 0 aliphatic carbocycles. The number of para-hydroxylation sites is 1. The van der Waals surface area contributed by atoms with Crippen molar-refractivity contribution in [2.45, 2.75) is 30.7 Å². The highest BCUT2D eigenvalue weighted by Gasteiger charge is 2.84. The number of hydrogen-bond donors (Lipinski definition) is 0. The minimum atomic E-state index is -5.38. The van der Waals surface area contributed by atoms with E-state index >= 15 is 0 Å². The van der Waals surface area contributed by atoms with Gasteiger partial charge in [0.25, 0.3) is 0 Å². The molecular weight excluding hydrogens is 425 g/mol. The van der Waals surface area contributed by atoms with E-state index in [1.165, 1.54) is 25.1 Å². The van der Waals surface area contributed by atoms with Gasteiger partial charge in [0.05, 0.1) is 24.8 Å². The van der Waals surface area contributed by atoms with E-state index in [9.17, 15) is 28.0 Å².